The summed E-state index contributed by atoms with van der Waals surface area (Å²) >= 11 is 0. The second-order valence-corrected chi connectivity index (χ2v) is 5.49. The molecule has 0 aromatic carbocycles. The molecule has 0 aromatic rings. The van der Waals surface area contributed by atoms with Crippen LogP contribution in [-0.2, 0) is 4.74 Å². The second kappa shape index (κ2) is 8.08. The Morgan fingerprint density at radius 1 is 1.31 bits per heavy atom. The van der Waals surface area contributed by atoms with Gasteiger partial charge in [-0.2, -0.15) is 0 Å². The van der Waals surface area contributed by atoms with Gasteiger partial charge in [-0.3, -0.25) is 0 Å². The third-order valence-electron chi connectivity index (χ3n) is 3.36. The van der Waals surface area contributed by atoms with E-state index in [1.165, 1.54) is 38.5 Å². The first kappa shape index (κ1) is 14.0. The predicted molar refractivity (Wildman–Crippen MR) is 69.7 cm³/mol. The molecule has 0 radical (unpaired) electrons. The highest BCUT2D eigenvalue weighted by Crippen LogP contribution is 2.21. The summed E-state index contributed by atoms with van der Waals surface area (Å²) in [7, 11) is 0. The molecule has 0 bridgehead atoms. The Hall–Kier alpha value is -0.0800. The largest absolute Gasteiger partial charge is 0.378 e. The van der Waals surface area contributed by atoms with Crippen LogP contribution in [0.4, 0.5) is 0 Å². The summed E-state index contributed by atoms with van der Waals surface area (Å²) in [5.41, 5.74) is 0. The van der Waals surface area contributed by atoms with Crippen LogP contribution in [0.3, 0.4) is 0 Å². The second-order valence-electron chi connectivity index (χ2n) is 5.49. The van der Waals surface area contributed by atoms with Crippen LogP contribution in [0.25, 0.3) is 0 Å². The first-order chi connectivity index (χ1) is 7.72. The maximum Gasteiger partial charge on any atom is 0.0590 e. The van der Waals surface area contributed by atoms with Gasteiger partial charge < -0.3 is 10.1 Å². The van der Waals surface area contributed by atoms with E-state index < -0.39 is 0 Å². The number of hydrogen-bond donors (Lipinski definition) is 1. The van der Waals surface area contributed by atoms with Crippen molar-refractivity contribution in [1.29, 1.82) is 0 Å². The van der Waals surface area contributed by atoms with Gasteiger partial charge in [-0.15, -0.1) is 0 Å². The predicted octanol–water partition coefficient (Wildman–Crippen LogP) is 3.36. The van der Waals surface area contributed by atoms with Gasteiger partial charge in [0.1, 0.15) is 0 Å². The third kappa shape index (κ3) is 5.86. The summed E-state index contributed by atoms with van der Waals surface area (Å²) in [5.74, 6) is 0.762. The Kier molecular flexibility index (Phi) is 7.06. The molecule has 0 spiro atoms. The van der Waals surface area contributed by atoms with Gasteiger partial charge >= 0.3 is 0 Å². The summed E-state index contributed by atoms with van der Waals surface area (Å²) < 4.78 is 5.96. The van der Waals surface area contributed by atoms with E-state index >= 15 is 0 Å². The van der Waals surface area contributed by atoms with Gasteiger partial charge in [-0.25, -0.2) is 0 Å². The Balaban J connectivity index is 2.12. The third-order valence-corrected chi connectivity index (χ3v) is 3.36. The van der Waals surface area contributed by atoms with E-state index in [0.717, 1.165) is 19.1 Å². The minimum Gasteiger partial charge on any atom is -0.378 e. The maximum atomic E-state index is 5.96. The summed E-state index contributed by atoms with van der Waals surface area (Å²) in [4.78, 5) is 0. The van der Waals surface area contributed by atoms with Crippen LogP contribution < -0.4 is 5.32 Å². The summed E-state index contributed by atoms with van der Waals surface area (Å²) in [5, 5.41) is 3.62. The minimum atomic E-state index is 0.516. The molecule has 96 valence electrons. The van der Waals surface area contributed by atoms with Crippen molar-refractivity contribution in [2.45, 2.75) is 71.4 Å². The highest BCUT2D eigenvalue weighted by molar-refractivity contribution is 4.78. The lowest BCUT2D eigenvalue weighted by Crippen LogP contribution is -2.37. The number of ether oxygens (including phenoxy) is 1. The molecule has 1 saturated carbocycles. The van der Waals surface area contributed by atoms with Crippen LogP contribution in [0, 0.1) is 5.92 Å². The van der Waals surface area contributed by atoms with Gasteiger partial charge in [-0.05, 0) is 51.0 Å². The molecule has 1 N–H and O–H groups in total. The van der Waals surface area contributed by atoms with Gasteiger partial charge in [0, 0.05) is 12.6 Å². The first-order valence-corrected chi connectivity index (χ1v) is 7.07. The highest BCUT2D eigenvalue weighted by atomic mass is 16.5. The van der Waals surface area contributed by atoms with Crippen molar-refractivity contribution in [1.82, 2.24) is 5.32 Å². The van der Waals surface area contributed by atoms with Crippen molar-refractivity contribution in [3.8, 4) is 0 Å². The topological polar surface area (TPSA) is 21.3 Å². The molecule has 1 rings (SSSR count). The van der Waals surface area contributed by atoms with Crippen LogP contribution in [-0.4, -0.2) is 25.3 Å². The van der Waals surface area contributed by atoms with Crippen molar-refractivity contribution in [3.63, 3.8) is 0 Å². The lowest BCUT2D eigenvalue weighted by Gasteiger charge is -2.30. The zero-order chi connectivity index (χ0) is 11.8. The van der Waals surface area contributed by atoms with E-state index in [0.29, 0.717) is 12.1 Å². The monoisotopic (exact) mass is 227 g/mol. The summed E-state index contributed by atoms with van der Waals surface area (Å²) in [6, 6.07) is 0.706. The van der Waals surface area contributed by atoms with Gasteiger partial charge in [0.05, 0.1) is 6.10 Å². The fourth-order valence-electron chi connectivity index (χ4n) is 2.30. The van der Waals surface area contributed by atoms with Crippen LogP contribution in [0.1, 0.15) is 59.3 Å². The van der Waals surface area contributed by atoms with Crippen molar-refractivity contribution in [2.24, 2.45) is 5.92 Å². The van der Waals surface area contributed by atoms with E-state index in [-0.39, 0.29) is 0 Å². The Bertz CT molecular complexity index is 170. The molecule has 0 saturated heterocycles. The zero-order valence-electron chi connectivity index (χ0n) is 11.3. The SMILES string of the molecule is CCCNC1CCCC(OCCC(C)C)C1. The van der Waals surface area contributed by atoms with Gasteiger partial charge in [0.25, 0.3) is 0 Å². The Morgan fingerprint density at radius 3 is 2.81 bits per heavy atom. The molecule has 2 atom stereocenters. The molecule has 2 unspecified atom stereocenters. The standard InChI is InChI=1S/C14H29NO/c1-4-9-15-13-6-5-7-14(11-13)16-10-8-12(2)3/h12-15H,4-11H2,1-3H3. The summed E-state index contributed by atoms with van der Waals surface area (Å²) in [6.07, 6.45) is 8.10. The van der Waals surface area contributed by atoms with Crippen molar-refractivity contribution >= 4 is 0 Å². The van der Waals surface area contributed by atoms with Gasteiger partial charge in [0.2, 0.25) is 0 Å². The molecule has 1 aliphatic rings. The molecule has 1 aliphatic carbocycles. The van der Waals surface area contributed by atoms with E-state index in [4.69, 9.17) is 4.74 Å². The van der Waals surface area contributed by atoms with Crippen LogP contribution >= 0.6 is 0 Å². The molecule has 2 nitrogen and oxygen atoms in total. The average molecular weight is 227 g/mol. The number of nitrogens with one attached hydrogen (secondary N) is 1. The van der Waals surface area contributed by atoms with Crippen LogP contribution in [0.15, 0.2) is 0 Å². The molecule has 2 heteroatoms. The normalized spacial score (nSPS) is 26.2. The fourth-order valence-corrected chi connectivity index (χ4v) is 2.30. The fraction of sp³-hybridized carbons (Fsp3) is 1.00. The van der Waals surface area contributed by atoms with Gasteiger partial charge in [-0.1, -0.05) is 20.8 Å². The molecular weight excluding hydrogens is 198 g/mol. The smallest absolute Gasteiger partial charge is 0.0590 e. The molecule has 1 fully saturated rings. The van der Waals surface area contributed by atoms with E-state index in [2.05, 4.69) is 26.1 Å². The average Bonchev–Trinajstić information content (AvgIpc) is 2.26. The van der Waals surface area contributed by atoms with Crippen molar-refractivity contribution < 1.29 is 4.74 Å². The summed E-state index contributed by atoms with van der Waals surface area (Å²) in [6.45, 7) is 8.85. The first-order valence-electron chi connectivity index (χ1n) is 7.07. The van der Waals surface area contributed by atoms with E-state index in [1.807, 2.05) is 0 Å². The van der Waals surface area contributed by atoms with Crippen LogP contribution in [0.2, 0.25) is 0 Å². The molecule has 0 aromatic heterocycles. The molecule has 16 heavy (non-hydrogen) atoms. The quantitative estimate of drug-likeness (QED) is 0.720. The van der Waals surface area contributed by atoms with Crippen LogP contribution in [0.5, 0.6) is 0 Å². The van der Waals surface area contributed by atoms with Crippen molar-refractivity contribution in [3.05, 3.63) is 0 Å². The highest BCUT2D eigenvalue weighted by Gasteiger charge is 2.21. The van der Waals surface area contributed by atoms with E-state index in [9.17, 15) is 0 Å². The van der Waals surface area contributed by atoms with Crippen molar-refractivity contribution in [2.75, 3.05) is 13.2 Å². The molecular formula is C14H29NO. The molecule has 0 amide bonds. The molecule has 0 aliphatic heterocycles. The van der Waals surface area contributed by atoms with Gasteiger partial charge in [0.15, 0.2) is 0 Å². The number of hydrogen-bond acceptors (Lipinski definition) is 2. The molecule has 0 heterocycles. The Labute approximate surface area is 101 Å². The lowest BCUT2D eigenvalue weighted by molar-refractivity contribution is 0.0146. The number of rotatable bonds is 7. The van der Waals surface area contributed by atoms with E-state index in [1.54, 1.807) is 0 Å². The minimum absolute atomic E-state index is 0.516. The maximum absolute atomic E-state index is 5.96. The lowest BCUT2D eigenvalue weighted by atomic mass is 9.92. The Morgan fingerprint density at radius 2 is 2.12 bits per heavy atom. The zero-order valence-corrected chi connectivity index (χ0v) is 11.3.